The number of hydrogen-bond acceptors (Lipinski definition) is 5. The van der Waals surface area contributed by atoms with Gasteiger partial charge in [-0.1, -0.05) is 20.3 Å². The number of rotatable bonds is 3. The highest BCUT2D eigenvalue weighted by atomic mass is 19.4. The third-order valence-electron chi connectivity index (χ3n) is 5.49. The van der Waals surface area contributed by atoms with E-state index < -0.39 is 23.4 Å². The zero-order valence-electron chi connectivity index (χ0n) is 20.7. The first-order valence-electron chi connectivity index (χ1n) is 11.9. The molecule has 0 radical (unpaired) electrons. The Labute approximate surface area is 200 Å². The molecule has 3 rings (SSSR count). The molecule has 2 heterocycles. The number of pyridine rings is 1. The van der Waals surface area contributed by atoms with E-state index in [2.05, 4.69) is 24.1 Å². The molecule has 192 valence electrons. The molecule has 10 heteroatoms. The van der Waals surface area contributed by atoms with Crippen molar-refractivity contribution in [3.8, 4) is 0 Å². The minimum Gasteiger partial charge on any atom is -0.444 e. The number of aromatic nitrogens is 1. The smallest absolute Gasteiger partial charge is 0.416 e. The van der Waals surface area contributed by atoms with Gasteiger partial charge in [0.1, 0.15) is 11.4 Å². The normalized spacial score (nSPS) is 20.9. The summed E-state index contributed by atoms with van der Waals surface area (Å²) in [6.45, 7) is 11.3. The second-order valence-electron chi connectivity index (χ2n) is 9.77. The Morgan fingerprint density at radius 3 is 2.29 bits per heavy atom. The lowest BCUT2D eigenvalue weighted by Crippen LogP contribution is -2.50. The number of halogens is 3. The van der Waals surface area contributed by atoms with Crippen LogP contribution in [0.3, 0.4) is 0 Å². The first kappa shape index (κ1) is 27.7. The average Bonchev–Trinajstić information content (AvgIpc) is 3.20. The van der Waals surface area contributed by atoms with Crippen LogP contribution in [0.2, 0.25) is 0 Å². The van der Waals surface area contributed by atoms with Gasteiger partial charge in [-0.25, -0.2) is 9.78 Å². The lowest BCUT2D eigenvalue weighted by molar-refractivity contribution is -0.137. The number of alkyl halides is 3. The lowest BCUT2D eigenvalue weighted by Gasteiger charge is -2.36. The maximum atomic E-state index is 12.9. The van der Waals surface area contributed by atoms with Crippen molar-refractivity contribution < 1.29 is 27.5 Å². The van der Waals surface area contributed by atoms with Crippen LogP contribution in [0.15, 0.2) is 18.3 Å². The van der Waals surface area contributed by atoms with Crippen molar-refractivity contribution in [1.29, 1.82) is 0 Å². The molecule has 0 aromatic carbocycles. The van der Waals surface area contributed by atoms with Gasteiger partial charge in [0.05, 0.1) is 5.56 Å². The quantitative estimate of drug-likeness (QED) is 0.661. The Kier molecular flexibility index (Phi) is 9.58. The highest BCUT2D eigenvalue weighted by Crippen LogP contribution is 2.31. The molecule has 1 N–H and O–H groups in total. The summed E-state index contributed by atoms with van der Waals surface area (Å²) in [5, 5.41) is 2.83. The maximum absolute atomic E-state index is 12.9. The number of amides is 2. The molecule has 2 aliphatic rings. The van der Waals surface area contributed by atoms with E-state index in [0.717, 1.165) is 18.3 Å². The number of carbonyl (C=O) groups excluding carboxylic acids is 2. The Morgan fingerprint density at radius 1 is 1.12 bits per heavy atom. The van der Waals surface area contributed by atoms with E-state index >= 15 is 0 Å². The molecule has 1 aliphatic heterocycles. The standard InChI is InChI=1S/C21H29F3N4O3.C3H8/c1-20(2,3)31-19(30)26-16-5-4-14(12-16)18(29)28-10-8-27(9-11-28)17-13-15(6-7-25-17)21(22,23)24;1-3-2/h6-7,13-14,16H,4-5,8-12H2,1-3H3,(H,26,30);3H2,1-2H3. The summed E-state index contributed by atoms with van der Waals surface area (Å²) in [5.41, 5.74) is -1.31. The topological polar surface area (TPSA) is 74.8 Å². The molecule has 2 unspecified atom stereocenters. The van der Waals surface area contributed by atoms with Crippen LogP contribution in [0.5, 0.6) is 0 Å². The van der Waals surface area contributed by atoms with Gasteiger partial charge in [-0.15, -0.1) is 0 Å². The van der Waals surface area contributed by atoms with Gasteiger partial charge in [0.15, 0.2) is 0 Å². The third kappa shape index (κ3) is 8.36. The first-order valence-corrected chi connectivity index (χ1v) is 11.9. The van der Waals surface area contributed by atoms with Gasteiger partial charge < -0.3 is 19.9 Å². The van der Waals surface area contributed by atoms with E-state index in [9.17, 15) is 22.8 Å². The maximum Gasteiger partial charge on any atom is 0.416 e. The van der Waals surface area contributed by atoms with E-state index in [-0.39, 0.29) is 23.7 Å². The predicted molar refractivity (Wildman–Crippen MR) is 124 cm³/mol. The monoisotopic (exact) mass is 486 g/mol. The lowest BCUT2D eigenvalue weighted by atomic mass is 10.1. The van der Waals surface area contributed by atoms with E-state index in [1.807, 2.05) is 0 Å². The molecule has 1 aromatic heterocycles. The Bertz CT molecular complexity index is 818. The number of carbonyl (C=O) groups is 2. The summed E-state index contributed by atoms with van der Waals surface area (Å²) >= 11 is 0. The van der Waals surface area contributed by atoms with E-state index in [1.165, 1.54) is 6.42 Å². The predicted octanol–water partition coefficient (Wildman–Crippen LogP) is 4.86. The van der Waals surface area contributed by atoms with Crippen LogP contribution in [0.1, 0.15) is 65.9 Å². The number of hydrogen-bond donors (Lipinski definition) is 1. The van der Waals surface area contributed by atoms with Gasteiger partial charge in [-0.3, -0.25) is 4.79 Å². The van der Waals surface area contributed by atoms with Crippen LogP contribution in [0, 0.1) is 5.92 Å². The number of piperazine rings is 1. The number of anilines is 1. The van der Waals surface area contributed by atoms with Gasteiger partial charge in [0.25, 0.3) is 0 Å². The van der Waals surface area contributed by atoms with Crippen LogP contribution in [0.4, 0.5) is 23.8 Å². The molecular weight excluding hydrogens is 449 g/mol. The fraction of sp³-hybridized carbons (Fsp3) is 0.708. The SMILES string of the molecule is CC(C)(C)OC(=O)NC1CCC(C(=O)N2CCN(c3cc(C(F)(F)F)ccn3)CC2)C1.CCC. The van der Waals surface area contributed by atoms with Gasteiger partial charge in [0, 0.05) is 44.3 Å². The van der Waals surface area contributed by atoms with Crippen molar-refractivity contribution >= 4 is 17.8 Å². The molecule has 0 bridgehead atoms. The highest BCUT2D eigenvalue weighted by molar-refractivity contribution is 5.79. The number of nitrogens with one attached hydrogen (secondary N) is 1. The number of ether oxygens (including phenoxy) is 1. The van der Waals surface area contributed by atoms with Crippen LogP contribution in [-0.4, -0.2) is 59.7 Å². The summed E-state index contributed by atoms with van der Waals surface area (Å²) < 4.78 is 44.1. The fourth-order valence-corrected chi connectivity index (χ4v) is 3.99. The second kappa shape index (κ2) is 11.8. The van der Waals surface area contributed by atoms with Gasteiger partial charge in [-0.05, 0) is 52.2 Å². The van der Waals surface area contributed by atoms with Crippen molar-refractivity contribution in [2.45, 2.75) is 78.1 Å². The average molecular weight is 487 g/mol. The summed E-state index contributed by atoms with van der Waals surface area (Å²) in [7, 11) is 0. The highest BCUT2D eigenvalue weighted by Gasteiger charge is 2.36. The van der Waals surface area contributed by atoms with E-state index in [4.69, 9.17) is 4.74 Å². The largest absolute Gasteiger partial charge is 0.444 e. The molecular formula is C24H37F3N4O3. The van der Waals surface area contributed by atoms with Crippen molar-refractivity contribution in [3.63, 3.8) is 0 Å². The summed E-state index contributed by atoms with van der Waals surface area (Å²) in [6.07, 6.45) is -0.521. The molecule has 1 saturated carbocycles. The molecule has 2 amide bonds. The van der Waals surface area contributed by atoms with Gasteiger partial charge in [0.2, 0.25) is 5.91 Å². The van der Waals surface area contributed by atoms with Crippen LogP contribution in [-0.2, 0) is 15.7 Å². The molecule has 34 heavy (non-hydrogen) atoms. The van der Waals surface area contributed by atoms with Crippen molar-refractivity contribution in [3.05, 3.63) is 23.9 Å². The zero-order chi connectivity index (χ0) is 25.5. The number of nitrogens with zero attached hydrogens (tertiary/aromatic N) is 3. The third-order valence-corrected chi connectivity index (χ3v) is 5.49. The van der Waals surface area contributed by atoms with E-state index in [0.29, 0.717) is 45.4 Å². The summed E-state index contributed by atoms with van der Waals surface area (Å²) in [5.74, 6) is 0.132. The molecule has 1 aromatic rings. The van der Waals surface area contributed by atoms with Crippen molar-refractivity contribution in [1.82, 2.24) is 15.2 Å². The van der Waals surface area contributed by atoms with Gasteiger partial charge in [-0.2, -0.15) is 13.2 Å². The fourth-order valence-electron chi connectivity index (χ4n) is 3.99. The van der Waals surface area contributed by atoms with Gasteiger partial charge >= 0.3 is 12.3 Å². The molecule has 1 saturated heterocycles. The number of alkyl carbamates (subject to hydrolysis) is 1. The van der Waals surface area contributed by atoms with Crippen LogP contribution >= 0.6 is 0 Å². The molecule has 2 atom stereocenters. The molecule has 0 spiro atoms. The van der Waals surface area contributed by atoms with Crippen LogP contribution in [0.25, 0.3) is 0 Å². The Balaban J connectivity index is 0.00000129. The van der Waals surface area contributed by atoms with Crippen LogP contribution < -0.4 is 10.2 Å². The Hall–Kier alpha value is -2.52. The molecule has 7 nitrogen and oxygen atoms in total. The summed E-state index contributed by atoms with van der Waals surface area (Å²) in [4.78, 5) is 32.4. The molecule has 1 aliphatic carbocycles. The van der Waals surface area contributed by atoms with Crippen molar-refractivity contribution in [2.75, 3.05) is 31.1 Å². The minimum atomic E-state index is -4.41. The van der Waals surface area contributed by atoms with Crippen molar-refractivity contribution in [2.24, 2.45) is 5.92 Å². The Morgan fingerprint density at radius 2 is 1.74 bits per heavy atom. The first-order chi connectivity index (χ1) is 15.8. The molecule has 2 fully saturated rings. The second-order valence-corrected chi connectivity index (χ2v) is 9.77. The minimum absolute atomic E-state index is 0.0325. The zero-order valence-corrected chi connectivity index (χ0v) is 20.7. The van der Waals surface area contributed by atoms with E-state index in [1.54, 1.807) is 30.6 Å². The summed E-state index contributed by atoms with van der Waals surface area (Å²) in [6, 6.07) is 1.89.